The average Bonchev–Trinajstić information content (AvgIpc) is 3.39. The molecule has 1 saturated heterocycles. The number of hydrogen-bond donors (Lipinski definition) is 3. The molecule has 2 atom stereocenters. The van der Waals surface area contributed by atoms with Crippen molar-refractivity contribution in [1.82, 2.24) is 24.4 Å². The molecule has 5 N–H and O–H groups in total. The first-order valence-electron chi connectivity index (χ1n) is 13.2. The lowest BCUT2D eigenvalue weighted by Crippen LogP contribution is -2.63. The number of carbonyl (C=O) groups excluding carboxylic acids is 2. The molecule has 15 heteroatoms. The lowest BCUT2D eigenvalue weighted by atomic mass is 10.1. The fourth-order valence-corrected chi connectivity index (χ4v) is 7.33. The van der Waals surface area contributed by atoms with Gasteiger partial charge in [0.15, 0.2) is 0 Å². The third-order valence-corrected chi connectivity index (χ3v) is 9.81. The van der Waals surface area contributed by atoms with Crippen molar-refractivity contribution < 1.29 is 22.7 Å². The molecule has 2 unspecified atom stereocenters. The van der Waals surface area contributed by atoms with Crippen LogP contribution in [0.5, 0.6) is 5.75 Å². The maximum atomic E-state index is 13.9. The van der Waals surface area contributed by atoms with E-state index < -0.39 is 28.1 Å². The molecule has 3 heterocycles. The first-order valence-corrected chi connectivity index (χ1v) is 15.5. The predicted molar refractivity (Wildman–Crippen MR) is 170 cm³/mol. The lowest BCUT2D eigenvalue weighted by molar-refractivity contribution is -0.135. The van der Waals surface area contributed by atoms with Crippen molar-refractivity contribution >= 4 is 72.4 Å². The second-order valence-corrected chi connectivity index (χ2v) is 13.2. The normalized spacial score (nSPS) is 16.1. The van der Waals surface area contributed by atoms with Crippen molar-refractivity contribution in [2.24, 2.45) is 5.73 Å². The molecule has 3 amide bonds. The number of thiophene rings is 1. The summed E-state index contributed by atoms with van der Waals surface area (Å²) >= 11 is 1.42. The number of amides is 3. The standard InChI is InChI=1S/C28H33N7O5S2.ClH/c1-33(2)28(37)35-11-10-34(16-25(35)29)27(36)23(15-20-14-22-24(41-20)8-9-31-26(22)30)32-42(38,39)21-7-5-17-4-6-19(40-3)12-18(17)13-21;/h4-9,12-14,23,25,32H,10-11,15-16,29H2,1-3H3,(H2,30,31);1H. The van der Waals surface area contributed by atoms with Gasteiger partial charge in [-0.05, 0) is 47.2 Å². The van der Waals surface area contributed by atoms with Crippen LogP contribution in [0.2, 0.25) is 0 Å². The molecule has 0 bridgehead atoms. The molecular formula is C28H34ClN7O5S2. The molecule has 2 aromatic heterocycles. The Balaban J connectivity index is 0.00000423. The van der Waals surface area contributed by atoms with Crippen LogP contribution in [-0.2, 0) is 21.2 Å². The highest BCUT2D eigenvalue weighted by Gasteiger charge is 2.36. The van der Waals surface area contributed by atoms with Gasteiger partial charge >= 0.3 is 6.03 Å². The van der Waals surface area contributed by atoms with Crippen molar-refractivity contribution in [2.75, 3.05) is 46.6 Å². The van der Waals surface area contributed by atoms with Gasteiger partial charge in [-0.15, -0.1) is 23.7 Å². The highest BCUT2D eigenvalue weighted by Crippen LogP contribution is 2.30. The van der Waals surface area contributed by atoms with Gasteiger partial charge in [0, 0.05) is 54.8 Å². The van der Waals surface area contributed by atoms with Crippen LogP contribution in [0, 0.1) is 0 Å². The molecule has 0 spiro atoms. The molecule has 1 aliphatic heterocycles. The molecule has 1 fully saturated rings. The third-order valence-electron chi connectivity index (χ3n) is 7.22. The van der Waals surface area contributed by atoms with Gasteiger partial charge in [0.25, 0.3) is 0 Å². The number of pyridine rings is 1. The Labute approximate surface area is 260 Å². The van der Waals surface area contributed by atoms with Crippen LogP contribution in [0.25, 0.3) is 20.9 Å². The molecule has 0 aliphatic carbocycles. The van der Waals surface area contributed by atoms with Gasteiger partial charge in [0.2, 0.25) is 15.9 Å². The van der Waals surface area contributed by atoms with Crippen LogP contribution in [0.4, 0.5) is 10.6 Å². The number of piperazine rings is 1. The van der Waals surface area contributed by atoms with E-state index in [-0.39, 0.29) is 49.4 Å². The number of ether oxygens (including phenoxy) is 1. The number of methoxy groups -OCH3 is 1. The van der Waals surface area contributed by atoms with E-state index in [1.807, 2.05) is 18.2 Å². The third kappa shape index (κ3) is 6.78. The second-order valence-electron chi connectivity index (χ2n) is 10.3. The summed E-state index contributed by atoms with van der Waals surface area (Å²) in [6.45, 7) is 0.500. The number of fused-ring (bicyclic) bond motifs is 2. The van der Waals surface area contributed by atoms with E-state index in [1.165, 1.54) is 32.1 Å². The van der Waals surface area contributed by atoms with Crippen molar-refractivity contribution in [1.29, 1.82) is 0 Å². The minimum absolute atomic E-state index is 0. The summed E-state index contributed by atoms with van der Waals surface area (Å²) in [5, 5.41) is 2.27. The van der Waals surface area contributed by atoms with Gasteiger partial charge in [-0.25, -0.2) is 18.2 Å². The van der Waals surface area contributed by atoms with Crippen LogP contribution in [0.15, 0.2) is 59.6 Å². The summed E-state index contributed by atoms with van der Waals surface area (Å²) in [4.78, 5) is 35.8. The molecule has 0 saturated carbocycles. The van der Waals surface area contributed by atoms with E-state index in [1.54, 1.807) is 51.7 Å². The summed E-state index contributed by atoms with van der Waals surface area (Å²) < 4.78 is 36.2. The number of halogens is 1. The fraction of sp³-hybridized carbons (Fsp3) is 0.321. The van der Waals surface area contributed by atoms with Crippen LogP contribution in [-0.4, -0.2) is 93.1 Å². The molecule has 4 aromatic rings. The maximum absolute atomic E-state index is 13.9. The lowest BCUT2D eigenvalue weighted by Gasteiger charge is -2.41. The molecular weight excluding hydrogens is 614 g/mol. The smallest absolute Gasteiger partial charge is 0.320 e. The van der Waals surface area contributed by atoms with Gasteiger partial charge in [0.05, 0.1) is 24.7 Å². The van der Waals surface area contributed by atoms with Crippen LogP contribution in [0.3, 0.4) is 0 Å². The Morgan fingerprint density at radius 2 is 1.88 bits per heavy atom. The van der Waals surface area contributed by atoms with Gasteiger partial charge in [-0.3, -0.25) is 4.79 Å². The van der Waals surface area contributed by atoms with Gasteiger partial charge < -0.3 is 30.9 Å². The number of nitrogen functional groups attached to an aromatic ring is 1. The first-order chi connectivity index (χ1) is 20.0. The summed E-state index contributed by atoms with van der Waals surface area (Å²) in [6, 6.07) is 12.4. The SMILES string of the molecule is COc1ccc2ccc(S(=O)(=O)NC(Cc3cc4c(N)nccc4s3)C(=O)N3CCN(C(=O)N(C)C)C(N)C3)cc2c1.Cl. The summed E-state index contributed by atoms with van der Waals surface area (Å²) in [5.74, 6) is 0.523. The van der Waals surface area contributed by atoms with Crippen LogP contribution < -0.4 is 20.9 Å². The van der Waals surface area contributed by atoms with E-state index in [9.17, 15) is 18.0 Å². The van der Waals surface area contributed by atoms with Crippen molar-refractivity contribution in [3.63, 3.8) is 0 Å². The number of rotatable bonds is 7. The van der Waals surface area contributed by atoms with Crippen LogP contribution in [0.1, 0.15) is 4.88 Å². The van der Waals surface area contributed by atoms with E-state index in [0.29, 0.717) is 17.0 Å². The maximum Gasteiger partial charge on any atom is 0.320 e. The quantitative estimate of drug-likeness (QED) is 0.275. The number of carbonyl (C=O) groups is 2. The Morgan fingerprint density at radius 3 is 2.56 bits per heavy atom. The zero-order valence-electron chi connectivity index (χ0n) is 23.9. The number of anilines is 1. The summed E-state index contributed by atoms with van der Waals surface area (Å²) in [6.07, 6.45) is 0.957. The number of nitrogens with one attached hydrogen (secondary N) is 1. The molecule has 12 nitrogen and oxygen atoms in total. The van der Waals surface area contributed by atoms with Gasteiger partial charge in [0.1, 0.15) is 17.6 Å². The molecule has 0 radical (unpaired) electrons. The minimum Gasteiger partial charge on any atom is -0.497 e. The highest BCUT2D eigenvalue weighted by atomic mass is 35.5. The first kappa shape index (κ1) is 32.2. The van der Waals surface area contributed by atoms with E-state index in [4.69, 9.17) is 16.2 Å². The number of nitrogens with zero attached hydrogens (tertiary/aromatic N) is 4. The minimum atomic E-state index is -4.13. The summed E-state index contributed by atoms with van der Waals surface area (Å²) in [7, 11) is 0.671. The number of aromatic nitrogens is 1. The van der Waals surface area contributed by atoms with Gasteiger partial charge in [-0.1, -0.05) is 12.1 Å². The van der Waals surface area contributed by atoms with E-state index in [0.717, 1.165) is 20.3 Å². The van der Waals surface area contributed by atoms with Crippen molar-refractivity contribution in [2.45, 2.75) is 23.5 Å². The van der Waals surface area contributed by atoms with Crippen molar-refractivity contribution in [3.8, 4) is 5.75 Å². The Morgan fingerprint density at radius 1 is 1.14 bits per heavy atom. The van der Waals surface area contributed by atoms with Crippen molar-refractivity contribution in [3.05, 3.63) is 59.6 Å². The summed E-state index contributed by atoms with van der Waals surface area (Å²) in [5.41, 5.74) is 12.3. The zero-order chi connectivity index (χ0) is 30.2. The van der Waals surface area contributed by atoms with E-state index in [2.05, 4.69) is 9.71 Å². The molecule has 1 aliphatic rings. The average molecular weight is 648 g/mol. The van der Waals surface area contributed by atoms with Gasteiger partial charge in [-0.2, -0.15) is 4.72 Å². The topological polar surface area (TPSA) is 164 Å². The highest BCUT2D eigenvalue weighted by molar-refractivity contribution is 7.89. The monoisotopic (exact) mass is 647 g/mol. The number of benzene rings is 2. The number of hydrogen-bond acceptors (Lipinski definition) is 9. The second kappa shape index (κ2) is 12.9. The van der Waals surface area contributed by atoms with E-state index >= 15 is 0 Å². The Hall–Kier alpha value is -3.69. The molecule has 2 aromatic carbocycles. The Bertz CT molecular complexity index is 1770. The number of urea groups is 1. The fourth-order valence-electron chi connectivity index (χ4n) is 4.99. The largest absolute Gasteiger partial charge is 0.497 e. The molecule has 43 heavy (non-hydrogen) atoms. The predicted octanol–water partition coefficient (Wildman–Crippen LogP) is 2.46. The molecule has 5 rings (SSSR count). The number of sulfonamides is 1. The number of nitrogens with two attached hydrogens (primary N) is 2. The van der Waals surface area contributed by atoms with Crippen LogP contribution >= 0.6 is 23.7 Å². The Kier molecular flexibility index (Phi) is 9.66. The zero-order valence-corrected chi connectivity index (χ0v) is 26.3. The molecule has 230 valence electrons.